The van der Waals surface area contributed by atoms with Crippen LogP contribution in [0.1, 0.15) is 5.56 Å². The van der Waals surface area contributed by atoms with E-state index < -0.39 is 29.6 Å². The number of carbonyl (C=O) groups excluding carboxylic acids is 4. The van der Waals surface area contributed by atoms with Crippen molar-refractivity contribution < 1.29 is 37.8 Å². The van der Waals surface area contributed by atoms with Gasteiger partial charge in [-0.15, -0.1) is 0 Å². The van der Waals surface area contributed by atoms with Crippen LogP contribution in [0.4, 0.5) is 20.6 Å². The summed E-state index contributed by atoms with van der Waals surface area (Å²) < 4.78 is 29.6. The second-order valence-corrected chi connectivity index (χ2v) is 8.88. The van der Waals surface area contributed by atoms with Crippen molar-refractivity contribution >= 4 is 57.1 Å². The minimum atomic E-state index is -0.889. The molecule has 0 unspecified atom stereocenters. The topological polar surface area (TPSA) is 123 Å². The van der Waals surface area contributed by atoms with Crippen molar-refractivity contribution in [1.29, 1.82) is 0 Å². The van der Waals surface area contributed by atoms with Crippen molar-refractivity contribution in [3.63, 3.8) is 0 Å². The fourth-order valence-electron chi connectivity index (χ4n) is 3.68. The van der Waals surface area contributed by atoms with Crippen molar-refractivity contribution in [3.8, 4) is 17.2 Å². The maximum atomic E-state index is 13.2. The first kappa shape index (κ1) is 25.0. The summed E-state index contributed by atoms with van der Waals surface area (Å²) in [5.74, 6) is -1.34. The van der Waals surface area contributed by atoms with Gasteiger partial charge in [-0.2, -0.15) is 0 Å². The number of benzene rings is 3. The molecule has 12 heteroatoms. The Hall–Kier alpha value is -4.71. The molecule has 0 aliphatic carbocycles. The molecular formula is C26H17BrFN3O7. The van der Waals surface area contributed by atoms with Gasteiger partial charge >= 0.3 is 6.03 Å². The van der Waals surface area contributed by atoms with Crippen molar-refractivity contribution in [3.05, 3.63) is 82.1 Å². The zero-order valence-electron chi connectivity index (χ0n) is 19.3. The van der Waals surface area contributed by atoms with E-state index in [9.17, 15) is 23.6 Å². The maximum Gasteiger partial charge on any atom is 0.335 e. The highest BCUT2D eigenvalue weighted by molar-refractivity contribution is 9.10. The number of anilines is 2. The summed E-state index contributed by atoms with van der Waals surface area (Å²) in [4.78, 5) is 51.1. The fraction of sp³-hybridized carbons (Fsp3) is 0.0769. The average molecular weight is 582 g/mol. The number of barbiturate groups is 1. The molecule has 2 heterocycles. The third kappa shape index (κ3) is 5.20. The summed E-state index contributed by atoms with van der Waals surface area (Å²) in [6, 6.07) is 13.7. The number of carbonyl (C=O) groups is 4. The molecule has 5 amide bonds. The quantitative estimate of drug-likeness (QED) is 0.333. The number of ether oxygens (including phenoxy) is 3. The van der Waals surface area contributed by atoms with E-state index in [-0.39, 0.29) is 24.7 Å². The van der Waals surface area contributed by atoms with Crippen LogP contribution in [-0.2, 0) is 14.4 Å². The molecule has 2 aliphatic heterocycles. The summed E-state index contributed by atoms with van der Waals surface area (Å²) >= 11 is 3.35. The largest absolute Gasteiger partial charge is 0.483 e. The number of nitrogens with one attached hydrogen (secondary N) is 2. The first-order valence-corrected chi connectivity index (χ1v) is 11.9. The Labute approximate surface area is 223 Å². The summed E-state index contributed by atoms with van der Waals surface area (Å²) in [5, 5.41) is 4.75. The molecule has 3 aromatic carbocycles. The highest BCUT2D eigenvalue weighted by Gasteiger charge is 2.37. The number of rotatable bonds is 6. The zero-order valence-corrected chi connectivity index (χ0v) is 20.9. The van der Waals surface area contributed by atoms with Gasteiger partial charge in [0.25, 0.3) is 17.7 Å². The first-order chi connectivity index (χ1) is 18.3. The molecule has 3 aromatic rings. The van der Waals surface area contributed by atoms with Crippen LogP contribution in [0.2, 0.25) is 0 Å². The molecule has 0 spiro atoms. The van der Waals surface area contributed by atoms with Gasteiger partial charge in [-0.1, -0.05) is 6.07 Å². The van der Waals surface area contributed by atoms with Crippen molar-refractivity contribution in [2.24, 2.45) is 0 Å². The molecule has 0 radical (unpaired) electrons. The summed E-state index contributed by atoms with van der Waals surface area (Å²) in [5.41, 5.74) is 0.823. The molecule has 5 rings (SSSR count). The lowest BCUT2D eigenvalue weighted by Gasteiger charge is -2.26. The number of hydrogen-bond donors (Lipinski definition) is 2. The molecule has 0 atom stereocenters. The lowest BCUT2D eigenvalue weighted by atomic mass is 10.1. The molecular weight excluding hydrogens is 565 g/mol. The van der Waals surface area contributed by atoms with E-state index in [1.807, 2.05) is 0 Å². The Morgan fingerprint density at radius 2 is 1.82 bits per heavy atom. The van der Waals surface area contributed by atoms with E-state index in [0.29, 0.717) is 33.0 Å². The van der Waals surface area contributed by atoms with E-state index >= 15 is 0 Å². The van der Waals surface area contributed by atoms with E-state index in [1.165, 1.54) is 42.5 Å². The molecule has 0 aromatic heterocycles. The summed E-state index contributed by atoms with van der Waals surface area (Å²) in [7, 11) is 0. The zero-order chi connectivity index (χ0) is 26.8. The average Bonchev–Trinajstić information content (AvgIpc) is 3.35. The molecule has 0 saturated carbocycles. The molecule has 1 fully saturated rings. The number of fused-ring (bicyclic) bond motifs is 1. The van der Waals surface area contributed by atoms with Crippen LogP contribution >= 0.6 is 15.9 Å². The van der Waals surface area contributed by atoms with E-state index in [1.54, 1.807) is 24.3 Å². The van der Waals surface area contributed by atoms with Crippen LogP contribution in [0.5, 0.6) is 17.2 Å². The number of urea groups is 1. The predicted octanol–water partition coefficient (Wildman–Crippen LogP) is 4.00. The SMILES string of the molecule is O=C(COc1ccc(/C=C2\C(=O)NC(=O)N(c3ccc4c(c3)OCO4)C2=O)cc1Br)Nc1ccc(F)cc1. The molecule has 10 nitrogen and oxygen atoms in total. The molecule has 38 heavy (non-hydrogen) atoms. The minimum Gasteiger partial charge on any atom is -0.483 e. The van der Waals surface area contributed by atoms with Crippen molar-refractivity contribution in [2.45, 2.75) is 0 Å². The number of imide groups is 2. The van der Waals surface area contributed by atoms with Gasteiger partial charge in [-0.25, -0.2) is 14.1 Å². The Balaban J connectivity index is 1.29. The van der Waals surface area contributed by atoms with Gasteiger partial charge in [0.2, 0.25) is 6.79 Å². The van der Waals surface area contributed by atoms with Gasteiger partial charge < -0.3 is 19.5 Å². The van der Waals surface area contributed by atoms with Crippen molar-refractivity contribution in [1.82, 2.24) is 5.32 Å². The highest BCUT2D eigenvalue weighted by Crippen LogP contribution is 2.36. The number of halogens is 2. The Kier molecular flexibility index (Phi) is 6.79. The number of nitrogens with zero attached hydrogens (tertiary/aromatic N) is 1. The summed E-state index contributed by atoms with van der Waals surface area (Å²) in [6.45, 7) is -0.292. The smallest absolute Gasteiger partial charge is 0.335 e. The van der Waals surface area contributed by atoms with Crippen LogP contribution < -0.4 is 29.7 Å². The lowest BCUT2D eigenvalue weighted by Crippen LogP contribution is -2.54. The van der Waals surface area contributed by atoms with Crippen LogP contribution in [0, 0.1) is 5.82 Å². The van der Waals surface area contributed by atoms with Gasteiger partial charge in [0, 0.05) is 11.8 Å². The van der Waals surface area contributed by atoms with Gasteiger partial charge in [-0.05, 0) is 76.1 Å². The molecule has 0 bridgehead atoms. The second-order valence-electron chi connectivity index (χ2n) is 8.03. The monoisotopic (exact) mass is 581 g/mol. The van der Waals surface area contributed by atoms with Crippen LogP contribution in [0.25, 0.3) is 6.08 Å². The second kappa shape index (κ2) is 10.3. The Bertz CT molecular complexity index is 1510. The number of hydrogen-bond acceptors (Lipinski definition) is 7. The molecule has 2 N–H and O–H groups in total. The fourth-order valence-corrected chi connectivity index (χ4v) is 4.19. The highest BCUT2D eigenvalue weighted by atomic mass is 79.9. The van der Waals surface area contributed by atoms with Crippen LogP contribution in [-0.4, -0.2) is 37.2 Å². The van der Waals surface area contributed by atoms with Gasteiger partial charge in [0.05, 0.1) is 10.2 Å². The normalized spacial score (nSPS) is 15.5. The third-order valence-electron chi connectivity index (χ3n) is 5.47. The first-order valence-electron chi connectivity index (χ1n) is 11.1. The van der Waals surface area contributed by atoms with Crippen molar-refractivity contribution in [2.75, 3.05) is 23.6 Å². The van der Waals surface area contributed by atoms with Gasteiger partial charge in [0.1, 0.15) is 17.1 Å². The number of amides is 5. The van der Waals surface area contributed by atoms with E-state index in [4.69, 9.17) is 14.2 Å². The molecule has 192 valence electrons. The van der Waals surface area contributed by atoms with Crippen LogP contribution in [0.3, 0.4) is 0 Å². The van der Waals surface area contributed by atoms with E-state index in [0.717, 1.165) is 4.90 Å². The summed E-state index contributed by atoms with van der Waals surface area (Å²) in [6.07, 6.45) is 1.33. The molecule has 1 saturated heterocycles. The lowest BCUT2D eigenvalue weighted by molar-refractivity contribution is -0.122. The van der Waals surface area contributed by atoms with Crippen LogP contribution in [0.15, 0.2) is 70.7 Å². The third-order valence-corrected chi connectivity index (χ3v) is 6.09. The Morgan fingerprint density at radius 1 is 1.05 bits per heavy atom. The molecule has 2 aliphatic rings. The Morgan fingerprint density at radius 3 is 2.58 bits per heavy atom. The minimum absolute atomic E-state index is 0.0239. The predicted molar refractivity (Wildman–Crippen MR) is 136 cm³/mol. The standard InChI is InChI=1S/C26H17BrFN3O7/c27-19-10-14(1-7-20(19)36-12-23(32)29-16-4-2-15(28)3-5-16)9-18-24(33)30-26(35)31(25(18)34)17-6-8-21-22(11-17)38-13-37-21/h1-11H,12-13H2,(H,29,32)(H,30,33,35)/b18-9+. The van der Waals surface area contributed by atoms with Gasteiger partial charge in [-0.3, -0.25) is 19.7 Å². The van der Waals surface area contributed by atoms with Gasteiger partial charge in [0.15, 0.2) is 18.1 Å². The maximum absolute atomic E-state index is 13.2. The van der Waals surface area contributed by atoms with E-state index in [2.05, 4.69) is 26.6 Å².